The predicted molar refractivity (Wildman–Crippen MR) is 55.7 cm³/mol. The lowest BCUT2D eigenvalue weighted by molar-refractivity contribution is 0.0606. The van der Waals surface area contributed by atoms with Crippen molar-refractivity contribution in [2.75, 3.05) is 7.11 Å². The molecule has 15 heavy (non-hydrogen) atoms. The lowest BCUT2D eigenvalue weighted by Gasteiger charge is -2.04. The monoisotopic (exact) mass is 227 g/mol. The van der Waals surface area contributed by atoms with Gasteiger partial charge in [-0.15, -0.1) is 11.3 Å². The van der Waals surface area contributed by atoms with Crippen molar-refractivity contribution in [2.45, 2.75) is 19.4 Å². The van der Waals surface area contributed by atoms with Crippen LogP contribution in [0.15, 0.2) is 6.20 Å². The first-order chi connectivity index (χ1) is 7.13. The summed E-state index contributed by atoms with van der Waals surface area (Å²) in [5, 5.41) is 10.5. The minimum absolute atomic E-state index is 0.307. The second-order valence-corrected chi connectivity index (χ2v) is 4.94. The van der Waals surface area contributed by atoms with Gasteiger partial charge < -0.3 is 9.84 Å². The average Bonchev–Trinajstić information content (AvgIpc) is 2.79. The maximum absolute atomic E-state index is 11.2. The van der Waals surface area contributed by atoms with E-state index >= 15 is 0 Å². The molecule has 1 heterocycles. The minimum Gasteiger partial charge on any atom is -0.465 e. The molecule has 3 unspecified atom stereocenters. The number of methoxy groups -OCH3 is 1. The summed E-state index contributed by atoms with van der Waals surface area (Å²) < 4.78 is 4.58. The number of nitrogens with zero attached hydrogens (tertiary/aromatic N) is 1. The molecule has 0 aliphatic heterocycles. The highest BCUT2D eigenvalue weighted by Crippen LogP contribution is 2.47. The number of carbonyl (C=O) groups is 1. The molecule has 0 saturated heterocycles. The molecule has 0 amide bonds. The van der Waals surface area contributed by atoms with Crippen LogP contribution in [-0.2, 0) is 4.74 Å². The molecule has 4 nitrogen and oxygen atoms in total. The van der Waals surface area contributed by atoms with Crippen LogP contribution in [0.1, 0.15) is 34.1 Å². The Kier molecular flexibility index (Phi) is 2.75. The van der Waals surface area contributed by atoms with E-state index in [4.69, 9.17) is 0 Å². The maximum Gasteiger partial charge on any atom is 0.349 e. The summed E-state index contributed by atoms with van der Waals surface area (Å²) in [5.74, 6) is 0.474. The Hall–Kier alpha value is -0.940. The zero-order valence-electron chi connectivity index (χ0n) is 8.64. The highest BCUT2D eigenvalue weighted by atomic mass is 32.1. The third kappa shape index (κ3) is 2.03. The molecule has 0 bridgehead atoms. The first-order valence-electron chi connectivity index (χ1n) is 4.85. The molecular weight excluding hydrogens is 214 g/mol. The summed E-state index contributed by atoms with van der Waals surface area (Å²) in [6.07, 6.45) is 1.97. The topological polar surface area (TPSA) is 59.4 Å². The van der Waals surface area contributed by atoms with Crippen LogP contribution in [0.25, 0.3) is 0 Å². The Labute approximate surface area is 91.9 Å². The molecular formula is C10H13NO3S. The number of aliphatic hydroxyl groups excluding tert-OH is 1. The first kappa shape index (κ1) is 10.6. The van der Waals surface area contributed by atoms with Gasteiger partial charge in [0.15, 0.2) is 0 Å². The van der Waals surface area contributed by atoms with Gasteiger partial charge in [-0.3, -0.25) is 0 Å². The third-order valence-electron chi connectivity index (χ3n) is 2.74. The summed E-state index contributed by atoms with van der Waals surface area (Å²) in [4.78, 5) is 15.7. The van der Waals surface area contributed by atoms with Crippen LogP contribution in [0.3, 0.4) is 0 Å². The van der Waals surface area contributed by atoms with Crippen LogP contribution >= 0.6 is 11.3 Å². The number of thiazole rings is 1. The Balaban J connectivity index is 2.09. The number of hydrogen-bond donors (Lipinski definition) is 1. The number of esters is 1. The van der Waals surface area contributed by atoms with Crippen molar-refractivity contribution in [1.82, 2.24) is 4.98 Å². The third-order valence-corrected chi connectivity index (χ3v) is 3.79. The van der Waals surface area contributed by atoms with Gasteiger partial charge in [-0.25, -0.2) is 9.78 Å². The van der Waals surface area contributed by atoms with Gasteiger partial charge in [0.1, 0.15) is 16.0 Å². The van der Waals surface area contributed by atoms with E-state index < -0.39 is 12.1 Å². The minimum atomic E-state index is -0.525. The molecule has 1 N–H and O–H groups in total. The lowest BCUT2D eigenvalue weighted by Crippen LogP contribution is -1.99. The lowest BCUT2D eigenvalue weighted by atomic mass is 10.2. The van der Waals surface area contributed by atoms with Gasteiger partial charge in [-0.2, -0.15) is 0 Å². The molecule has 3 atom stereocenters. The Morgan fingerprint density at radius 2 is 2.47 bits per heavy atom. The van der Waals surface area contributed by atoms with Gasteiger partial charge in [0, 0.05) is 0 Å². The van der Waals surface area contributed by atoms with Crippen molar-refractivity contribution >= 4 is 17.3 Å². The van der Waals surface area contributed by atoms with Crippen LogP contribution in [-0.4, -0.2) is 23.2 Å². The van der Waals surface area contributed by atoms with Crippen LogP contribution < -0.4 is 0 Å². The summed E-state index contributed by atoms with van der Waals surface area (Å²) in [6.45, 7) is 2.10. The van der Waals surface area contributed by atoms with Gasteiger partial charge in [-0.1, -0.05) is 6.92 Å². The van der Waals surface area contributed by atoms with Crippen molar-refractivity contribution in [2.24, 2.45) is 11.8 Å². The molecule has 0 radical (unpaired) electrons. The average molecular weight is 227 g/mol. The van der Waals surface area contributed by atoms with Crippen LogP contribution in [0.2, 0.25) is 0 Å². The van der Waals surface area contributed by atoms with Gasteiger partial charge >= 0.3 is 5.97 Å². The summed E-state index contributed by atoms with van der Waals surface area (Å²) >= 11 is 1.21. The number of carbonyl (C=O) groups excluding carboxylic acids is 1. The second kappa shape index (κ2) is 3.90. The molecule has 1 saturated carbocycles. The summed E-state index contributed by atoms with van der Waals surface area (Å²) in [5.41, 5.74) is 0. The zero-order valence-corrected chi connectivity index (χ0v) is 9.45. The summed E-state index contributed by atoms with van der Waals surface area (Å²) in [6, 6.07) is 0. The highest BCUT2D eigenvalue weighted by Gasteiger charge is 2.40. The molecule has 0 spiro atoms. The van der Waals surface area contributed by atoms with Crippen LogP contribution in [0, 0.1) is 11.8 Å². The molecule has 1 aliphatic carbocycles. The SMILES string of the molecule is COC(=O)c1cnc(C(O)C2CC2C)s1. The van der Waals surface area contributed by atoms with Crippen LogP contribution in [0.5, 0.6) is 0 Å². The largest absolute Gasteiger partial charge is 0.465 e. The molecule has 1 aromatic heterocycles. The fourth-order valence-electron chi connectivity index (χ4n) is 1.59. The number of aromatic nitrogens is 1. The number of aliphatic hydroxyl groups is 1. The van der Waals surface area contributed by atoms with Crippen molar-refractivity contribution < 1.29 is 14.6 Å². The van der Waals surface area contributed by atoms with Crippen LogP contribution in [0.4, 0.5) is 0 Å². The van der Waals surface area contributed by atoms with Crippen molar-refractivity contribution in [3.05, 3.63) is 16.1 Å². The van der Waals surface area contributed by atoms with E-state index in [0.717, 1.165) is 6.42 Å². The molecule has 1 aliphatic rings. The van der Waals surface area contributed by atoms with Crippen molar-refractivity contribution in [1.29, 1.82) is 0 Å². The quantitative estimate of drug-likeness (QED) is 0.797. The zero-order chi connectivity index (χ0) is 11.0. The molecule has 82 valence electrons. The smallest absolute Gasteiger partial charge is 0.349 e. The first-order valence-corrected chi connectivity index (χ1v) is 5.67. The number of ether oxygens (including phenoxy) is 1. The van der Waals surface area contributed by atoms with E-state index in [1.165, 1.54) is 24.6 Å². The van der Waals surface area contributed by atoms with Gasteiger partial charge in [-0.05, 0) is 18.3 Å². The van der Waals surface area contributed by atoms with E-state index in [-0.39, 0.29) is 0 Å². The summed E-state index contributed by atoms with van der Waals surface area (Å²) in [7, 11) is 1.33. The van der Waals surface area contributed by atoms with E-state index in [0.29, 0.717) is 21.7 Å². The standard InChI is InChI=1S/C10H13NO3S/c1-5-3-6(5)8(12)9-11-4-7(15-9)10(13)14-2/h4-6,8,12H,3H2,1-2H3. The number of rotatable bonds is 3. The van der Waals surface area contributed by atoms with E-state index in [2.05, 4.69) is 16.6 Å². The van der Waals surface area contributed by atoms with Gasteiger partial charge in [0.25, 0.3) is 0 Å². The van der Waals surface area contributed by atoms with E-state index in [9.17, 15) is 9.90 Å². The van der Waals surface area contributed by atoms with Crippen molar-refractivity contribution in [3.63, 3.8) is 0 Å². The van der Waals surface area contributed by atoms with E-state index in [1.54, 1.807) is 0 Å². The normalized spacial score (nSPS) is 26.1. The van der Waals surface area contributed by atoms with E-state index in [1.807, 2.05) is 0 Å². The Morgan fingerprint density at radius 3 is 3.00 bits per heavy atom. The Morgan fingerprint density at radius 1 is 1.80 bits per heavy atom. The molecule has 2 rings (SSSR count). The Bertz CT molecular complexity index is 376. The number of hydrogen-bond acceptors (Lipinski definition) is 5. The van der Waals surface area contributed by atoms with Gasteiger partial charge in [0.2, 0.25) is 0 Å². The molecule has 5 heteroatoms. The van der Waals surface area contributed by atoms with Crippen molar-refractivity contribution in [3.8, 4) is 0 Å². The molecule has 1 fully saturated rings. The molecule has 0 aromatic carbocycles. The predicted octanol–water partition coefficient (Wildman–Crippen LogP) is 1.62. The second-order valence-electron chi connectivity index (χ2n) is 3.88. The van der Waals surface area contributed by atoms with Gasteiger partial charge in [0.05, 0.1) is 13.3 Å². The maximum atomic E-state index is 11.2. The highest BCUT2D eigenvalue weighted by molar-refractivity contribution is 7.13. The fraction of sp³-hybridized carbons (Fsp3) is 0.600. The molecule has 1 aromatic rings. The fourth-order valence-corrected chi connectivity index (χ4v) is 2.49.